The summed E-state index contributed by atoms with van der Waals surface area (Å²) in [7, 11) is 1.32. The first-order chi connectivity index (χ1) is 28.9. The predicted molar refractivity (Wildman–Crippen MR) is 227 cm³/mol. The lowest BCUT2D eigenvalue weighted by atomic mass is 10.1. The van der Waals surface area contributed by atoms with E-state index in [2.05, 4.69) is 46.0 Å². The SMILES string of the molecule is COc1ccc(NC(=O)COCCOCCNC(=O)CCOCCN2CCN(c3cc(Nc4ncc(C(=O)Nc5c(C)cccc5Cl)s4)nc(C)n3)CC2)c(O)c1C(N)=O. The minimum atomic E-state index is -0.905. The van der Waals surface area contributed by atoms with Gasteiger partial charge in [0.15, 0.2) is 10.9 Å². The molecule has 0 bridgehead atoms. The molecule has 0 unspecified atom stereocenters. The van der Waals surface area contributed by atoms with E-state index in [4.69, 9.17) is 36.3 Å². The molecule has 1 aliphatic rings. The molecule has 5 rings (SSSR count). The van der Waals surface area contributed by atoms with Gasteiger partial charge in [-0.1, -0.05) is 35.1 Å². The van der Waals surface area contributed by atoms with Crippen LogP contribution in [0.5, 0.6) is 11.5 Å². The van der Waals surface area contributed by atoms with E-state index < -0.39 is 17.6 Å². The number of carbonyl (C=O) groups excluding carboxylic acids is 4. The fourth-order valence-electron chi connectivity index (χ4n) is 5.95. The van der Waals surface area contributed by atoms with Crippen molar-refractivity contribution in [2.45, 2.75) is 20.3 Å². The number of aryl methyl sites for hydroxylation is 2. The number of rotatable bonds is 22. The van der Waals surface area contributed by atoms with Crippen LogP contribution in [0.15, 0.2) is 42.6 Å². The van der Waals surface area contributed by atoms with Gasteiger partial charge in [0.25, 0.3) is 11.8 Å². The third kappa shape index (κ3) is 13.4. The van der Waals surface area contributed by atoms with Crippen LogP contribution < -0.4 is 36.6 Å². The highest BCUT2D eigenvalue weighted by Gasteiger charge is 2.21. The van der Waals surface area contributed by atoms with E-state index in [1.165, 1.54) is 36.8 Å². The lowest BCUT2D eigenvalue weighted by Crippen LogP contribution is -2.47. The number of phenols is 1. The quantitative estimate of drug-likeness (QED) is 0.0490. The average Bonchev–Trinajstić information content (AvgIpc) is 3.69. The summed E-state index contributed by atoms with van der Waals surface area (Å²) in [5.41, 5.74) is 6.47. The van der Waals surface area contributed by atoms with E-state index in [-0.39, 0.29) is 61.7 Å². The number of anilines is 5. The van der Waals surface area contributed by atoms with Gasteiger partial charge in [-0.05, 0) is 37.6 Å². The molecule has 2 aromatic heterocycles. The van der Waals surface area contributed by atoms with Gasteiger partial charge in [0.05, 0.1) is 62.7 Å². The van der Waals surface area contributed by atoms with Gasteiger partial charge in [0, 0.05) is 51.8 Å². The second-order valence-corrected chi connectivity index (χ2v) is 14.8. The van der Waals surface area contributed by atoms with Crippen LogP contribution in [0.25, 0.3) is 0 Å². The van der Waals surface area contributed by atoms with E-state index >= 15 is 0 Å². The Morgan fingerprint density at radius 2 is 1.70 bits per heavy atom. The number of amides is 4. The number of nitrogens with one attached hydrogen (secondary N) is 4. The number of nitrogens with two attached hydrogens (primary N) is 1. The molecule has 322 valence electrons. The van der Waals surface area contributed by atoms with Crippen LogP contribution in [-0.2, 0) is 23.8 Å². The summed E-state index contributed by atoms with van der Waals surface area (Å²) < 4.78 is 21.5. The average molecular weight is 869 g/mol. The molecule has 4 aromatic rings. The molecule has 3 heterocycles. The van der Waals surface area contributed by atoms with E-state index in [1.54, 1.807) is 6.07 Å². The summed E-state index contributed by atoms with van der Waals surface area (Å²) in [6, 6.07) is 10.1. The van der Waals surface area contributed by atoms with Gasteiger partial charge in [0.1, 0.15) is 40.3 Å². The smallest absolute Gasteiger partial charge is 0.267 e. The van der Waals surface area contributed by atoms with Crippen LogP contribution in [0.2, 0.25) is 5.02 Å². The van der Waals surface area contributed by atoms with Crippen molar-refractivity contribution < 1.29 is 43.2 Å². The number of methoxy groups -OCH3 is 1. The largest absolute Gasteiger partial charge is 0.505 e. The highest BCUT2D eigenvalue weighted by atomic mass is 35.5. The zero-order valence-electron chi connectivity index (χ0n) is 33.5. The number of hydrogen-bond acceptors (Lipinski definition) is 16. The molecule has 0 radical (unpaired) electrons. The number of aromatic nitrogens is 3. The van der Waals surface area contributed by atoms with E-state index in [1.807, 2.05) is 32.0 Å². The second-order valence-electron chi connectivity index (χ2n) is 13.4. The molecule has 0 atom stereocenters. The Morgan fingerprint density at radius 1 is 0.933 bits per heavy atom. The van der Waals surface area contributed by atoms with Crippen molar-refractivity contribution in [3.63, 3.8) is 0 Å². The van der Waals surface area contributed by atoms with Gasteiger partial charge in [-0.15, -0.1) is 0 Å². The van der Waals surface area contributed by atoms with Crippen molar-refractivity contribution in [2.24, 2.45) is 5.73 Å². The minimum Gasteiger partial charge on any atom is -0.505 e. The molecule has 0 aliphatic carbocycles. The minimum absolute atomic E-state index is 0.00941. The number of ether oxygens (including phenoxy) is 4. The van der Waals surface area contributed by atoms with E-state index in [0.717, 1.165) is 44.1 Å². The molecule has 7 N–H and O–H groups in total. The Hall–Kier alpha value is -5.64. The third-order valence-electron chi connectivity index (χ3n) is 9.02. The molecule has 0 saturated carbocycles. The first-order valence-electron chi connectivity index (χ1n) is 19.0. The maximum atomic E-state index is 12.9. The van der Waals surface area contributed by atoms with E-state index in [0.29, 0.717) is 52.1 Å². The number of piperazine rings is 1. The number of hydrogen-bond donors (Lipinski definition) is 6. The number of thiazole rings is 1. The van der Waals surface area contributed by atoms with Gasteiger partial charge in [-0.2, -0.15) is 0 Å². The van der Waals surface area contributed by atoms with Crippen molar-refractivity contribution in [1.82, 2.24) is 25.2 Å². The van der Waals surface area contributed by atoms with Gasteiger partial charge in [-0.3, -0.25) is 24.1 Å². The topological polar surface area (TPSA) is 245 Å². The molecule has 1 saturated heterocycles. The number of para-hydroxylation sites is 1. The molecule has 4 amide bonds. The zero-order chi connectivity index (χ0) is 43.0. The normalized spacial score (nSPS) is 12.8. The van der Waals surface area contributed by atoms with Crippen molar-refractivity contribution in [3.05, 3.63) is 69.4 Å². The predicted octanol–water partition coefficient (Wildman–Crippen LogP) is 3.33. The monoisotopic (exact) mass is 868 g/mol. The molecule has 1 fully saturated rings. The maximum Gasteiger partial charge on any atom is 0.267 e. The molecular formula is C39H49ClN10O9S. The maximum absolute atomic E-state index is 12.9. The summed E-state index contributed by atoms with van der Waals surface area (Å²) in [6.07, 6.45) is 1.73. The molecule has 0 spiro atoms. The van der Waals surface area contributed by atoms with Crippen LogP contribution in [0.3, 0.4) is 0 Å². The number of nitrogens with zero attached hydrogens (tertiary/aromatic N) is 5. The van der Waals surface area contributed by atoms with Crippen LogP contribution in [0, 0.1) is 13.8 Å². The number of carbonyl (C=O) groups is 4. The van der Waals surface area contributed by atoms with Crippen LogP contribution in [0.1, 0.15) is 37.8 Å². The number of benzene rings is 2. The van der Waals surface area contributed by atoms with Crippen molar-refractivity contribution in [2.75, 3.05) is 107 Å². The summed E-state index contributed by atoms with van der Waals surface area (Å²) in [5, 5.41) is 22.6. The number of primary amides is 1. The van der Waals surface area contributed by atoms with Gasteiger partial charge in [0.2, 0.25) is 11.8 Å². The summed E-state index contributed by atoms with van der Waals surface area (Å²) >= 11 is 7.49. The fourth-order valence-corrected chi connectivity index (χ4v) is 6.94. The Morgan fingerprint density at radius 3 is 2.45 bits per heavy atom. The molecular weight excluding hydrogens is 820 g/mol. The molecule has 2 aromatic carbocycles. The van der Waals surface area contributed by atoms with Gasteiger partial charge < -0.3 is 56.0 Å². The Labute approximate surface area is 355 Å². The van der Waals surface area contributed by atoms with Crippen molar-refractivity contribution in [1.29, 1.82) is 0 Å². The molecule has 19 nitrogen and oxygen atoms in total. The standard InChI is InChI=1S/C39H49ClN10O9S/c1-24-5-4-6-26(40)35(24)48-38(55)29-22-43-39(60-29)47-30-21-31(45-25(2)44-30)50-13-11-49(12-14-50)15-18-57-16-9-32(51)42-10-17-58-19-20-59-23-33(52)46-27-7-8-28(56-3)34(36(27)53)37(41)54/h4-8,21-22,53H,9-20,23H2,1-3H3,(H2,41,54)(H,42,51)(H,46,52)(H,48,55)(H,43,44,45,47). The Kier molecular flexibility index (Phi) is 17.2. The lowest BCUT2D eigenvalue weighted by molar-refractivity contribution is -0.123. The molecule has 21 heteroatoms. The van der Waals surface area contributed by atoms with Gasteiger partial charge >= 0.3 is 0 Å². The van der Waals surface area contributed by atoms with Crippen LogP contribution in [0.4, 0.5) is 28.1 Å². The number of aromatic hydroxyl groups is 1. The van der Waals surface area contributed by atoms with Gasteiger partial charge in [-0.25, -0.2) is 15.0 Å². The summed E-state index contributed by atoms with van der Waals surface area (Å²) in [6.45, 7) is 8.96. The lowest BCUT2D eigenvalue weighted by Gasteiger charge is -2.35. The third-order valence-corrected chi connectivity index (χ3v) is 10.3. The van der Waals surface area contributed by atoms with Crippen LogP contribution >= 0.6 is 22.9 Å². The highest BCUT2D eigenvalue weighted by molar-refractivity contribution is 7.17. The van der Waals surface area contributed by atoms with Crippen molar-refractivity contribution >= 4 is 74.7 Å². The first kappa shape index (κ1) is 45.4. The second kappa shape index (κ2) is 22.7. The fraction of sp³-hybridized carbons (Fsp3) is 0.410. The van der Waals surface area contributed by atoms with E-state index in [9.17, 15) is 24.3 Å². The van der Waals surface area contributed by atoms with Crippen LogP contribution in [-0.4, -0.2) is 135 Å². The molecule has 60 heavy (non-hydrogen) atoms. The zero-order valence-corrected chi connectivity index (χ0v) is 35.1. The Balaban J connectivity index is 0.894. The summed E-state index contributed by atoms with van der Waals surface area (Å²) in [5.74, 6) is -0.351. The highest BCUT2D eigenvalue weighted by Crippen LogP contribution is 2.34. The Bertz CT molecular complexity index is 2100. The molecule has 1 aliphatic heterocycles. The summed E-state index contributed by atoms with van der Waals surface area (Å²) in [4.78, 5) is 67.4. The first-order valence-corrected chi connectivity index (χ1v) is 20.2. The van der Waals surface area contributed by atoms with Crippen molar-refractivity contribution in [3.8, 4) is 11.5 Å². The number of halogens is 1.